The molecule has 0 aromatic carbocycles. The van der Waals surface area contributed by atoms with E-state index < -0.39 is 0 Å². The van der Waals surface area contributed by atoms with E-state index in [0.29, 0.717) is 6.54 Å². The number of nitrogens with one attached hydrogen (secondary N) is 1. The highest BCUT2D eigenvalue weighted by Gasteiger charge is 2.12. The van der Waals surface area contributed by atoms with Crippen LogP contribution in [-0.4, -0.2) is 37.0 Å². The van der Waals surface area contributed by atoms with Gasteiger partial charge in [-0.2, -0.15) is 0 Å². The van der Waals surface area contributed by atoms with Gasteiger partial charge in [-0.1, -0.05) is 6.92 Å². The zero-order chi connectivity index (χ0) is 6.69. The van der Waals surface area contributed by atoms with Crippen molar-refractivity contribution in [1.29, 1.82) is 0 Å². The van der Waals surface area contributed by atoms with Crippen LogP contribution in [0.5, 0.6) is 0 Å². The van der Waals surface area contributed by atoms with Crippen LogP contribution in [0.2, 0.25) is 0 Å². The van der Waals surface area contributed by atoms with E-state index in [1.54, 1.807) is 0 Å². The molecule has 0 bridgehead atoms. The lowest BCUT2D eigenvalue weighted by Gasteiger charge is -2.24. The Balaban J connectivity index is 0.000000810. The van der Waals surface area contributed by atoms with Gasteiger partial charge < -0.3 is 5.32 Å². The van der Waals surface area contributed by atoms with Crippen LogP contribution in [-0.2, 0) is 4.79 Å². The van der Waals surface area contributed by atoms with E-state index in [4.69, 9.17) is 0 Å². The molecule has 0 radical (unpaired) electrons. The summed E-state index contributed by atoms with van der Waals surface area (Å²) in [6.45, 7) is 5.44. The average Bonchev–Trinajstić information content (AvgIpc) is 1.88. The summed E-state index contributed by atoms with van der Waals surface area (Å²) in [7, 11) is 0. The minimum atomic E-state index is 0. The van der Waals surface area contributed by atoms with Gasteiger partial charge in [0.05, 0.1) is 6.54 Å². The predicted octanol–water partition coefficient (Wildman–Crippen LogP) is -0.316. The Morgan fingerprint density at radius 3 is 3.11 bits per heavy atom. The molecule has 9 heavy (non-hydrogen) atoms. The molecule has 0 aliphatic carbocycles. The number of rotatable bonds is 1. The molecule has 1 N–H and O–H groups in total. The molecule has 1 rings (SSSR count). The molecule has 1 fully saturated rings. The summed E-state index contributed by atoms with van der Waals surface area (Å²) in [5.41, 5.74) is 0. The molecule has 54 valence electrons. The second-order valence-corrected chi connectivity index (χ2v) is 2.22. The van der Waals surface area contributed by atoms with Crippen LogP contribution in [0.3, 0.4) is 0 Å². The van der Waals surface area contributed by atoms with E-state index in [1.165, 1.54) is 0 Å². The highest BCUT2D eigenvalue weighted by atomic mass is 16.2. The Labute approximate surface area is 56.5 Å². The molecular formula is C6H14N2O. The Morgan fingerprint density at radius 1 is 1.89 bits per heavy atom. The van der Waals surface area contributed by atoms with Crippen molar-refractivity contribution in [2.75, 3.05) is 26.2 Å². The summed E-state index contributed by atoms with van der Waals surface area (Å²) >= 11 is 0. The van der Waals surface area contributed by atoms with E-state index >= 15 is 0 Å². The molecule has 1 amide bonds. The Kier molecular flexibility index (Phi) is 2.05. The molecule has 0 saturated carbocycles. The monoisotopic (exact) mass is 130 g/mol. The van der Waals surface area contributed by atoms with Gasteiger partial charge in [0, 0.05) is 14.5 Å². The fourth-order valence-electron chi connectivity index (χ4n) is 0.961. The maximum Gasteiger partial charge on any atom is 0.234 e. The third kappa shape index (κ3) is 1.68. The zero-order valence-corrected chi connectivity index (χ0v) is 5.68. The first kappa shape index (κ1) is 6.55. The summed E-state index contributed by atoms with van der Waals surface area (Å²) < 4.78 is 0. The minimum Gasteiger partial charge on any atom is -0.354 e. The van der Waals surface area contributed by atoms with E-state index in [0.717, 1.165) is 19.6 Å². The van der Waals surface area contributed by atoms with Crippen molar-refractivity contribution < 1.29 is 6.22 Å². The van der Waals surface area contributed by atoms with Crippen molar-refractivity contribution in [3.8, 4) is 0 Å². The number of likely N-dealkylation sites (N-methyl/N-ethyl adjacent to an activating group) is 1. The molecular weight excluding hydrogens is 116 g/mol. The molecule has 0 unspecified atom stereocenters. The first-order valence-electron chi connectivity index (χ1n) is 3.32. The van der Waals surface area contributed by atoms with Crippen molar-refractivity contribution in [3.05, 3.63) is 0 Å². The molecule has 1 heterocycles. The van der Waals surface area contributed by atoms with E-state index in [9.17, 15) is 4.79 Å². The summed E-state index contributed by atoms with van der Waals surface area (Å²) in [5.74, 6) is 0.156. The lowest BCUT2D eigenvalue weighted by Crippen LogP contribution is -2.47. The van der Waals surface area contributed by atoms with Gasteiger partial charge in [0.2, 0.25) is 5.91 Å². The van der Waals surface area contributed by atoms with Gasteiger partial charge in [0.1, 0.15) is 0 Å². The Bertz CT molecular complexity index is 118. The molecule has 0 aromatic heterocycles. The van der Waals surface area contributed by atoms with Crippen molar-refractivity contribution in [2.45, 2.75) is 6.92 Å². The maximum atomic E-state index is 10.7. The number of hydrogen-bond acceptors (Lipinski definition) is 2. The largest absolute Gasteiger partial charge is 0.354 e. The smallest absolute Gasteiger partial charge is 0.234 e. The number of carbonyl (C=O) groups is 1. The summed E-state index contributed by atoms with van der Waals surface area (Å²) in [4.78, 5) is 12.8. The third-order valence-electron chi connectivity index (χ3n) is 1.56. The van der Waals surface area contributed by atoms with Gasteiger partial charge in [-0.3, -0.25) is 9.69 Å². The first-order valence-corrected chi connectivity index (χ1v) is 3.32. The Morgan fingerprint density at radius 2 is 2.67 bits per heavy atom. The molecule has 0 spiro atoms. The zero-order valence-electron chi connectivity index (χ0n) is 5.68. The van der Waals surface area contributed by atoms with Crippen LogP contribution in [0.1, 0.15) is 8.35 Å². The number of piperazine rings is 1. The normalized spacial score (nSPS) is 21.7. The molecule has 3 nitrogen and oxygen atoms in total. The SMILES string of the molecule is CCN1CCNC(=O)C1.[HH]. The molecule has 1 aliphatic heterocycles. The number of carbonyl (C=O) groups excluding carboxylic acids is 1. The van der Waals surface area contributed by atoms with Crippen LogP contribution in [0, 0.1) is 0 Å². The van der Waals surface area contributed by atoms with Gasteiger partial charge in [0.15, 0.2) is 0 Å². The maximum absolute atomic E-state index is 10.7. The van der Waals surface area contributed by atoms with Crippen LogP contribution in [0.4, 0.5) is 0 Å². The van der Waals surface area contributed by atoms with Crippen molar-refractivity contribution in [3.63, 3.8) is 0 Å². The first-order chi connectivity index (χ1) is 4.33. The summed E-state index contributed by atoms with van der Waals surface area (Å²) in [6, 6.07) is 0. The van der Waals surface area contributed by atoms with Gasteiger partial charge in [-0.05, 0) is 6.54 Å². The second-order valence-electron chi connectivity index (χ2n) is 2.22. The van der Waals surface area contributed by atoms with Crippen molar-refractivity contribution in [1.82, 2.24) is 10.2 Å². The Hall–Kier alpha value is -0.570. The van der Waals surface area contributed by atoms with Crippen molar-refractivity contribution in [2.24, 2.45) is 0 Å². The molecule has 3 heteroatoms. The van der Waals surface area contributed by atoms with E-state index in [1.807, 2.05) is 0 Å². The molecule has 0 aromatic rings. The van der Waals surface area contributed by atoms with Crippen molar-refractivity contribution >= 4 is 5.91 Å². The number of hydrogen-bond donors (Lipinski definition) is 1. The number of nitrogens with zero attached hydrogens (tertiary/aromatic N) is 1. The highest BCUT2D eigenvalue weighted by Crippen LogP contribution is 1.90. The summed E-state index contributed by atoms with van der Waals surface area (Å²) in [6.07, 6.45) is 0. The topological polar surface area (TPSA) is 32.3 Å². The van der Waals surface area contributed by atoms with Gasteiger partial charge in [0.25, 0.3) is 0 Å². The fourth-order valence-corrected chi connectivity index (χ4v) is 0.961. The van der Waals surface area contributed by atoms with Crippen LogP contribution in [0.25, 0.3) is 0 Å². The molecule has 0 atom stereocenters. The van der Waals surface area contributed by atoms with E-state index in [2.05, 4.69) is 17.1 Å². The third-order valence-corrected chi connectivity index (χ3v) is 1.56. The summed E-state index contributed by atoms with van der Waals surface area (Å²) in [5, 5.41) is 2.77. The van der Waals surface area contributed by atoms with Gasteiger partial charge in [-0.15, -0.1) is 0 Å². The fraction of sp³-hybridized carbons (Fsp3) is 0.833. The lowest BCUT2D eigenvalue weighted by atomic mass is 10.3. The van der Waals surface area contributed by atoms with E-state index in [-0.39, 0.29) is 7.33 Å². The van der Waals surface area contributed by atoms with Gasteiger partial charge >= 0.3 is 0 Å². The highest BCUT2D eigenvalue weighted by molar-refractivity contribution is 5.78. The molecule has 1 saturated heterocycles. The van der Waals surface area contributed by atoms with Gasteiger partial charge in [-0.25, -0.2) is 0 Å². The predicted molar refractivity (Wildman–Crippen MR) is 37.2 cm³/mol. The second kappa shape index (κ2) is 2.82. The standard InChI is InChI=1S/C6H12N2O.H2/c1-2-8-4-3-7-6(9)5-8;/h2-5H2,1H3,(H,7,9);1H. The van der Waals surface area contributed by atoms with Crippen LogP contribution in [0.15, 0.2) is 0 Å². The average molecular weight is 130 g/mol. The lowest BCUT2D eigenvalue weighted by molar-refractivity contribution is -0.124. The quantitative estimate of drug-likeness (QED) is 0.528. The number of amides is 1. The van der Waals surface area contributed by atoms with Crippen LogP contribution < -0.4 is 5.32 Å². The minimum absolute atomic E-state index is 0. The van der Waals surface area contributed by atoms with Crippen LogP contribution >= 0.6 is 0 Å². The molecule has 1 aliphatic rings.